The molecule has 0 atom stereocenters. The Hall–Kier alpha value is -1.63. The third-order valence-corrected chi connectivity index (χ3v) is 6.53. The summed E-state index contributed by atoms with van der Waals surface area (Å²) in [5, 5.41) is -0.0766. The number of sulfone groups is 1. The lowest BCUT2D eigenvalue weighted by atomic mass is 10.1. The van der Waals surface area contributed by atoms with Crippen LogP contribution in [0, 0.1) is 5.82 Å². The highest BCUT2D eigenvalue weighted by molar-refractivity contribution is 7.92. The molecular formula is C16H12Cl2FNO3S. The van der Waals surface area contributed by atoms with Crippen molar-refractivity contribution in [2.45, 2.75) is 10.1 Å². The van der Waals surface area contributed by atoms with E-state index in [9.17, 15) is 17.6 Å². The maximum absolute atomic E-state index is 12.9. The van der Waals surface area contributed by atoms with Crippen LogP contribution >= 0.6 is 23.2 Å². The van der Waals surface area contributed by atoms with Crippen LogP contribution in [0.15, 0.2) is 47.4 Å². The van der Waals surface area contributed by atoms with Crippen molar-refractivity contribution in [3.63, 3.8) is 0 Å². The first kappa shape index (κ1) is 17.2. The second kappa shape index (κ2) is 6.35. The second-order valence-corrected chi connectivity index (χ2v) is 8.53. The van der Waals surface area contributed by atoms with Crippen molar-refractivity contribution in [1.82, 2.24) is 4.90 Å². The standard InChI is InChI=1S/C16H12Cl2FNO3S/c17-10-1-6-14(15(18)7-10)16(21)20-8-13(9-20)24(22,23)12-4-2-11(19)3-5-12/h1-7,13H,8-9H2. The molecule has 8 heteroatoms. The monoisotopic (exact) mass is 387 g/mol. The van der Waals surface area contributed by atoms with Gasteiger partial charge < -0.3 is 4.90 Å². The zero-order valence-electron chi connectivity index (χ0n) is 12.2. The van der Waals surface area contributed by atoms with Gasteiger partial charge in [0, 0.05) is 18.1 Å². The van der Waals surface area contributed by atoms with E-state index in [2.05, 4.69) is 0 Å². The summed E-state index contributed by atoms with van der Waals surface area (Å²) < 4.78 is 37.8. The van der Waals surface area contributed by atoms with E-state index in [1.165, 1.54) is 29.2 Å². The van der Waals surface area contributed by atoms with Crippen molar-refractivity contribution in [2.75, 3.05) is 13.1 Å². The third-order valence-electron chi connectivity index (χ3n) is 3.88. The Morgan fingerprint density at radius 2 is 1.71 bits per heavy atom. The van der Waals surface area contributed by atoms with Crippen molar-refractivity contribution in [2.24, 2.45) is 0 Å². The molecule has 0 spiro atoms. The van der Waals surface area contributed by atoms with Crippen LogP contribution < -0.4 is 0 Å². The summed E-state index contributed by atoms with van der Waals surface area (Å²) in [6.07, 6.45) is 0. The van der Waals surface area contributed by atoms with Crippen LogP contribution in [0.1, 0.15) is 10.4 Å². The number of likely N-dealkylation sites (tertiary alicyclic amines) is 1. The molecule has 0 unspecified atom stereocenters. The first-order valence-electron chi connectivity index (χ1n) is 7.03. The Labute approximate surface area is 148 Å². The van der Waals surface area contributed by atoms with Crippen LogP contribution in [-0.4, -0.2) is 37.6 Å². The molecule has 3 rings (SSSR count). The highest BCUT2D eigenvalue weighted by Gasteiger charge is 2.41. The minimum atomic E-state index is -3.60. The number of benzene rings is 2. The predicted octanol–water partition coefficient (Wildman–Crippen LogP) is 3.43. The van der Waals surface area contributed by atoms with E-state index in [1.807, 2.05) is 0 Å². The van der Waals surface area contributed by atoms with Gasteiger partial charge in [-0.25, -0.2) is 12.8 Å². The average Bonchev–Trinajstić information content (AvgIpc) is 2.45. The van der Waals surface area contributed by atoms with E-state index < -0.39 is 20.9 Å². The highest BCUT2D eigenvalue weighted by atomic mass is 35.5. The zero-order chi connectivity index (χ0) is 17.5. The number of carbonyl (C=O) groups excluding carboxylic acids is 1. The third kappa shape index (κ3) is 3.14. The summed E-state index contributed by atoms with van der Waals surface area (Å²) in [6, 6.07) is 9.17. The van der Waals surface area contributed by atoms with Gasteiger partial charge in [0.25, 0.3) is 5.91 Å². The number of amides is 1. The van der Waals surface area contributed by atoms with Gasteiger partial charge in [0.1, 0.15) is 11.1 Å². The number of nitrogens with zero attached hydrogens (tertiary/aromatic N) is 1. The number of hydrogen-bond acceptors (Lipinski definition) is 3. The molecule has 0 saturated carbocycles. The number of hydrogen-bond donors (Lipinski definition) is 0. The predicted molar refractivity (Wildman–Crippen MR) is 89.7 cm³/mol. The van der Waals surface area contributed by atoms with Gasteiger partial charge in [-0.05, 0) is 42.5 Å². The van der Waals surface area contributed by atoms with Gasteiger partial charge in [0.2, 0.25) is 0 Å². The van der Waals surface area contributed by atoms with E-state index in [1.54, 1.807) is 6.07 Å². The molecule has 2 aromatic carbocycles. The van der Waals surface area contributed by atoms with Crippen LogP contribution in [0.5, 0.6) is 0 Å². The Bertz CT molecular complexity index is 894. The zero-order valence-corrected chi connectivity index (χ0v) is 14.6. The SMILES string of the molecule is O=C(c1ccc(Cl)cc1Cl)N1CC(S(=O)(=O)c2ccc(F)cc2)C1. The Morgan fingerprint density at radius 1 is 1.08 bits per heavy atom. The molecule has 126 valence electrons. The van der Waals surface area contributed by atoms with Crippen molar-refractivity contribution in [1.29, 1.82) is 0 Å². The van der Waals surface area contributed by atoms with Gasteiger partial charge >= 0.3 is 0 Å². The molecule has 4 nitrogen and oxygen atoms in total. The Balaban J connectivity index is 1.72. The molecule has 1 aliphatic rings. The molecule has 1 aliphatic heterocycles. The maximum Gasteiger partial charge on any atom is 0.255 e. The molecule has 0 aromatic heterocycles. The average molecular weight is 388 g/mol. The fourth-order valence-electron chi connectivity index (χ4n) is 2.45. The summed E-state index contributed by atoms with van der Waals surface area (Å²) in [4.78, 5) is 13.8. The molecular weight excluding hydrogens is 376 g/mol. The van der Waals surface area contributed by atoms with Crippen molar-refractivity contribution >= 4 is 38.9 Å². The summed E-state index contributed by atoms with van der Waals surface area (Å²) in [6.45, 7) is 0.134. The normalized spacial score (nSPS) is 15.2. The lowest BCUT2D eigenvalue weighted by Gasteiger charge is -2.38. The van der Waals surface area contributed by atoms with E-state index in [4.69, 9.17) is 23.2 Å². The molecule has 0 aliphatic carbocycles. The van der Waals surface area contributed by atoms with Gasteiger partial charge in [-0.15, -0.1) is 0 Å². The van der Waals surface area contributed by atoms with Crippen LogP contribution in [0.25, 0.3) is 0 Å². The highest BCUT2D eigenvalue weighted by Crippen LogP contribution is 2.28. The first-order chi connectivity index (χ1) is 11.3. The van der Waals surface area contributed by atoms with Crippen LogP contribution in [0.3, 0.4) is 0 Å². The summed E-state index contributed by atoms with van der Waals surface area (Å²) in [5.41, 5.74) is 0.277. The molecule has 0 bridgehead atoms. The largest absolute Gasteiger partial charge is 0.336 e. The van der Waals surface area contributed by atoms with Gasteiger partial charge in [-0.1, -0.05) is 23.2 Å². The van der Waals surface area contributed by atoms with Gasteiger partial charge in [-0.2, -0.15) is 0 Å². The minimum Gasteiger partial charge on any atom is -0.336 e. The molecule has 0 radical (unpaired) electrons. The number of carbonyl (C=O) groups is 1. The van der Waals surface area contributed by atoms with Crippen molar-refractivity contribution < 1.29 is 17.6 Å². The minimum absolute atomic E-state index is 0.0468. The van der Waals surface area contributed by atoms with Crippen LogP contribution in [-0.2, 0) is 9.84 Å². The second-order valence-electron chi connectivity index (χ2n) is 5.46. The maximum atomic E-state index is 12.9. The molecule has 24 heavy (non-hydrogen) atoms. The molecule has 2 aromatic rings. The van der Waals surface area contributed by atoms with Gasteiger partial charge in [-0.3, -0.25) is 4.79 Å². The van der Waals surface area contributed by atoms with Crippen molar-refractivity contribution in [3.8, 4) is 0 Å². The summed E-state index contributed by atoms with van der Waals surface area (Å²) in [7, 11) is -3.60. The topological polar surface area (TPSA) is 54.5 Å². The number of rotatable bonds is 3. The van der Waals surface area contributed by atoms with Gasteiger partial charge in [0.05, 0.1) is 15.5 Å². The van der Waals surface area contributed by atoms with E-state index >= 15 is 0 Å². The quantitative estimate of drug-likeness (QED) is 0.758. The van der Waals surface area contributed by atoms with E-state index in [-0.39, 0.29) is 34.5 Å². The molecule has 0 N–H and O–H groups in total. The molecule has 1 fully saturated rings. The molecule has 1 saturated heterocycles. The first-order valence-corrected chi connectivity index (χ1v) is 9.33. The smallest absolute Gasteiger partial charge is 0.255 e. The fourth-order valence-corrected chi connectivity index (χ4v) is 4.59. The van der Waals surface area contributed by atoms with Crippen molar-refractivity contribution in [3.05, 3.63) is 63.9 Å². The summed E-state index contributed by atoms with van der Waals surface area (Å²) in [5.74, 6) is -0.848. The Kier molecular flexibility index (Phi) is 4.55. The molecule has 1 amide bonds. The van der Waals surface area contributed by atoms with E-state index in [0.29, 0.717) is 5.02 Å². The Morgan fingerprint density at radius 3 is 2.29 bits per heavy atom. The number of halogens is 3. The van der Waals surface area contributed by atoms with E-state index in [0.717, 1.165) is 12.1 Å². The fraction of sp³-hybridized carbons (Fsp3) is 0.188. The van der Waals surface area contributed by atoms with Crippen LogP contribution in [0.2, 0.25) is 10.0 Å². The van der Waals surface area contributed by atoms with Gasteiger partial charge in [0.15, 0.2) is 9.84 Å². The molecule has 1 heterocycles. The summed E-state index contributed by atoms with van der Waals surface area (Å²) >= 11 is 11.8. The lowest BCUT2D eigenvalue weighted by molar-refractivity contribution is 0.0659. The van der Waals surface area contributed by atoms with Crippen LogP contribution in [0.4, 0.5) is 4.39 Å². The lowest BCUT2D eigenvalue weighted by Crippen LogP contribution is -2.56.